The predicted octanol–water partition coefficient (Wildman–Crippen LogP) is 0.565. The van der Waals surface area contributed by atoms with Gasteiger partial charge in [-0.2, -0.15) is 0 Å². The van der Waals surface area contributed by atoms with Gasteiger partial charge in [0, 0.05) is 13.1 Å². The van der Waals surface area contributed by atoms with E-state index in [9.17, 15) is 4.79 Å². The van der Waals surface area contributed by atoms with E-state index in [1.807, 2.05) is 4.57 Å². The predicted molar refractivity (Wildman–Crippen MR) is 68.4 cm³/mol. The first-order valence-electron chi connectivity index (χ1n) is 5.72. The minimum absolute atomic E-state index is 0.170. The summed E-state index contributed by atoms with van der Waals surface area (Å²) in [6, 6.07) is 1.48. The van der Waals surface area contributed by atoms with E-state index >= 15 is 0 Å². The Morgan fingerprint density at radius 2 is 2.26 bits per heavy atom. The zero-order chi connectivity index (χ0) is 13.4. The zero-order valence-corrected chi connectivity index (χ0v) is 10.7. The molecular formula is C11H11ClN6O. The number of fused-ring (bicyclic) bond motifs is 1. The van der Waals surface area contributed by atoms with Crippen molar-refractivity contribution in [3.63, 3.8) is 0 Å². The number of hydrogen-bond donors (Lipinski definition) is 1. The summed E-state index contributed by atoms with van der Waals surface area (Å²) >= 11 is 5.80. The van der Waals surface area contributed by atoms with Crippen molar-refractivity contribution in [2.45, 2.75) is 13.1 Å². The van der Waals surface area contributed by atoms with Gasteiger partial charge < -0.3 is 15.2 Å². The lowest BCUT2D eigenvalue weighted by Crippen LogP contribution is -2.38. The lowest BCUT2D eigenvalue weighted by atomic mass is 10.2. The molecule has 0 atom stereocenters. The van der Waals surface area contributed by atoms with Crippen molar-refractivity contribution in [3.05, 3.63) is 35.1 Å². The lowest BCUT2D eigenvalue weighted by molar-refractivity contribution is 0.0708. The highest BCUT2D eigenvalue weighted by molar-refractivity contribution is 6.29. The molecule has 0 spiro atoms. The third-order valence-electron chi connectivity index (χ3n) is 3.06. The van der Waals surface area contributed by atoms with Gasteiger partial charge in [0.2, 0.25) is 0 Å². The van der Waals surface area contributed by atoms with Crippen LogP contribution >= 0.6 is 11.6 Å². The molecule has 98 valence electrons. The van der Waals surface area contributed by atoms with E-state index in [0.29, 0.717) is 30.9 Å². The van der Waals surface area contributed by atoms with Gasteiger partial charge in [-0.25, -0.2) is 4.98 Å². The fourth-order valence-electron chi connectivity index (χ4n) is 2.04. The molecule has 0 saturated heterocycles. The molecule has 0 unspecified atom stereocenters. The van der Waals surface area contributed by atoms with E-state index in [1.165, 1.54) is 12.3 Å². The Labute approximate surface area is 114 Å². The summed E-state index contributed by atoms with van der Waals surface area (Å²) in [6.07, 6.45) is 3.05. The highest BCUT2D eigenvalue weighted by Gasteiger charge is 2.24. The summed E-state index contributed by atoms with van der Waals surface area (Å²) < 4.78 is 1.92. The van der Waals surface area contributed by atoms with Gasteiger partial charge in [0.25, 0.3) is 5.91 Å². The average molecular weight is 279 g/mol. The molecule has 3 heterocycles. The Morgan fingerprint density at radius 3 is 3.11 bits per heavy atom. The number of nitrogen functional groups attached to an aromatic ring is 1. The van der Waals surface area contributed by atoms with Crippen LogP contribution in [0.15, 0.2) is 18.6 Å². The SMILES string of the molecule is Nc1cnc(Cl)cc1C(=O)N1CCn2cnnc2C1. The van der Waals surface area contributed by atoms with Crippen molar-refractivity contribution < 1.29 is 4.79 Å². The van der Waals surface area contributed by atoms with Crippen molar-refractivity contribution in [1.29, 1.82) is 0 Å². The zero-order valence-electron chi connectivity index (χ0n) is 9.95. The van der Waals surface area contributed by atoms with Crippen LogP contribution < -0.4 is 5.73 Å². The molecule has 7 nitrogen and oxygen atoms in total. The molecule has 0 aromatic carbocycles. The molecule has 2 aromatic rings. The molecule has 0 saturated carbocycles. The molecule has 2 N–H and O–H groups in total. The monoisotopic (exact) mass is 278 g/mol. The second kappa shape index (κ2) is 4.51. The summed E-state index contributed by atoms with van der Waals surface area (Å²) in [5.41, 5.74) is 6.46. The summed E-state index contributed by atoms with van der Waals surface area (Å²) in [4.78, 5) is 17.9. The highest BCUT2D eigenvalue weighted by Crippen LogP contribution is 2.19. The topological polar surface area (TPSA) is 89.9 Å². The van der Waals surface area contributed by atoms with E-state index < -0.39 is 0 Å². The normalized spacial score (nSPS) is 14.3. The Morgan fingerprint density at radius 1 is 1.42 bits per heavy atom. The second-order valence-electron chi connectivity index (χ2n) is 4.26. The van der Waals surface area contributed by atoms with Crippen molar-refractivity contribution in [2.75, 3.05) is 12.3 Å². The van der Waals surface area contributed by atoms with Gasteiger partial charge in [0.1, 0.15) is 11.5 Å². The van der Waals surface area contributed by atoms with Gasteiger partial charge in [0.05, 0.1) is 24.0 Å². The Kier molecular flexibility index (Phi) is 2.83. The third-order valence-corrected chi connectivity index (χ3v) is 3.26. The first kappa shape index (κ1) is 11.9. The van der Waals surface area contributed by atoms with Crippen LogP contribution in [-0.4, -0.2) is 37.1 Å². The Bertz CT molecular complexity index is 640. The van der Waals surface area contributed by atoms with Crippen LogP contribution in [0.3, 0.4) is 0 Å². The van der Waals surface area contributed by atoms with Gasteiger partial charge in [-0.05, 0) is 6.07 Å². The number of carbonyl (C=O) groups is 1. The number of nitrogens with two attached hydrogens (primary N) is 1. The van der Waals surface area contributed by atoms with E-state index in [2.05, 4.69) is 15.2 Å². The maximum absolute atomic E-state index is 12.4. The smallest absolute Gasteiger partial charge is 0.256 e. The number of aromatic nitrogens is 4. The third kappa shape index (κ3) is 2.12. The van der Waals surface area contributed by atoms with E-state index in [1.54, 1.807) is 11.2 Å². The molecule has 3 rings (SSSR count). The molecule has 1 aliphatic heterocycles. The van der Waals surface area contributed by atoms with Gasteiger partial charge in [-0.3, -0.25) is 4.79 Å². The largest absolute Gasteiger partial charge is 0.397 e. The minimum atomic E-state index is -0.170. The summed E-state index contributed by atoms with van der Waals surface area (Å²) in [5.74, 6) is 0.592. The second-order valence-corrected chi connectivity index (χ2v) is 4.65. The lowest BCUT2D eigenvalue weighted by Gasteiger charge is -2.27. The van der Waals surface area contributed by atoms with Crippen molar-refractivity contribution in [3.8, 4) is 0 Å². The Balaban J connectivity index is 1.87. The number of amides is 1. The summed E-state index contributed by atoms with van der Waals surface area (Å²) in [5, 5.41) is 8.04. The number of carbonyl (C=O) groups excluding carboxylic acids is 1. The van der Waals surface area contributed by atoms with Crippen LogP contribution in [0.5, 0.6) is 0 Å². The first-order chi connectivity index (χ1) is 9.15. The first-order valence-corrected chi connectivity index (χ1v) is 6.10. The summed E-state index contributed by atoms with van der Waals surface area (Å²) in [7, 11) is 0. The molecule has 8 heteroatoms. The highest BCUT2D eigenvalue weighted by atomic mass is 35.5. The quantitative estimate of drug-likeness (QED) is 0.770. The van der Waals surface area contributed by atoms with Crippen molar-refractivity contribution in [2.24, 2.45) is 0 Å². The molecule has 19 heavy (non-hydrogen) atoms. The fourth-order valence-corrected chi connectivity index (χ4v) is 2.19. The van der Waals surface area contributed by atoms with E-state index in [4.69, 9.17) is 17.3 Å². The number of hydrogen-bond acceptors (Lipinski definition) is 5. The maximum Gasteiger partial charge on any atom is 0.256 e. The van der Waals surface area contributed by atoms with Crippen LogP contribution in [0.4, 0.5) is 5.69 Å². The van der Waals surface area contributed by atoms with E-state index in [0.717, 1.165) is 5.82 Å². The molecule has 2 aromatic heterocycles. The molecule has 1 aliphatic rings. The Hall–Kier alpha value is -2.15. The minimum Gasteiger partial charge on any atom is -0.397 e. The molecule has 0 radical (unpaired) electrons. The average Bonchev–Trinajstić information content (AvgIpc) is 2.88. The van der Waals surface area contributed by atoms with Crippen LogP contribution in [0.1, 0.15) is 16.2 Å². The number of anilines is 1. The number of rotatable bonds is 1. The van der Waals surface area contributed by atoms with Gasteiger partial charge >= 0.3 is 0 Å². The number of pyridine rings is 1. The fraction of sp³-hybridized carbons (Fsp3) is 0.273. The van der Waals surface area contributed by atoms with Gasteiger partial charge in [-0.1, -0.05) is 11.6 Å². The van der Waals surface area contributed by atoms with Gasteiger partial charge in [-0.15, -0.1) is 10.2 Å². The molecule has 0 aliphatic carbocycles. The molecule has 1 amide bonds. The van der Waals surface area contributed by atoms with E-state index in [-0.39, 0.29) is 11.1 Å². The summed E-state index contributed by atoms with van der Waals surface area (Å²) in [6.45, 7) is 1.67. The van der Waals surface area contributed by atoms with Crippen LogP contribution in [0.2, 0.25) is 5.15 Å². The van der Waals surface area contributed by atoms with Gasteiger partial charge in [0.15, 0.2) is 5.82 Å². The van der Waals surface area contributed by atoms with Crippen LogP contribution in [0, 0.1) is 0 Å². The number of halogens is 1. The molecule has 0 bridgehead atoms. The maximum atomic E-state index is 12.4. The number of nitrogens with zero attached hydrogens (tertiary/aromatic N) is 5. The molecular weight excluding hydrogens is 268 g/mol. The van der Waals surface area contributed by atoms with Crippen molar-refractivity contribution in [1.82, 2.24) is 24.6 Å². The molecule has 0 fully saturated rings. The van der Waals surface area contributed by atoms with Crippen LogP contribution in [-0.2, 0) is 13.1 Å². The van der Waals surface area contributed by atoms with Crippen LogP contribution in [0.25, 0.3) is 0 Å². The van der Waals surface area contributed by atoms with Crippen molar-refractivity contribution >= 4 is 23.2 Å². The standard InChI is InChI=1S/C11H11ClN6O/c12-9-3-7(8(13)4-14-9)11(19)17-1-2-18-6-15-16-10(18)5-17/h3-4,6H,1-2,5,13H2.